The quantitative estimate of drug-likeness (QED) is 0.554. The van der Waals surface area contributed by atoms with E-state index in [-0.39, 0.29) is 0 Å². The smallest absolute Gasteiger partial charge is 0.169 e. The molecule has 1 N–H and O–H groups in total. The van der Waals surface area contributed by atoms with Crippen molar-refractivity contribution < 1.29 is 0 Å². The first-order valence-electron chi connectivity index (χ1n) is 8.88. The van der Waals surface area contributed by atoms with Crippen LogP contribution in [0, 0.1) is 0 Å². The summed E-state index contributed by atoms with van der Waals surface area (Å²) in [6.07, 6.45) is 11.6. The minimum Gasteiger partial charge on any atom is -0.370 e. The van der Waals surface area contributed by atoms with E-state index in [2.05, 4.69) is 46.9 Å². The maximum atomic E-state index is 4.62. The van der Waals surface area contributed by atoms with Crippen LogP contribution in [-0.2, 0) is 0 Å². The van der Waals surface area contributed by atoms with Gasteiger partial charge in [-0.1, -0.05) is 57.5 Å². The van der Waals surface area contributed by atoms with Crippen LogP contribution in [0.5, 0.6) is 0 Å². The minimum atomic E-state index is 0.634. The Bertz CT molecular complexity index is 679. The topological polar surface area (TPSA) is 55.6 Å². The fraction of sp³-hybridized carbons (Fsp3) is 0.421. The first-order valence-corrected chi connectivity index (χ1v) is 9.76. The van der Waals surface area contributed by atoms with Crippen molar-refractivity contribution in [1.29, 1.82) is 0 Å². The molecule has 6 heteroatoms. The number of aromatic nitrogens is 4. The monoisotopic (exact) mass is 357 g/mol. The number of rotatable bonds is 11. The number of nitrogens with zero attached hydrogens (tertiary/aromatic N) is 4. The first-order chi connectivity index (χ1) is 12.2. The van der Waals surface area contributed by atoms with E-state index in [1.165, 1.54) is 19.3 Å². The Morgan fingerprint density at radius 2 is 2.16 bits per heavy atom. The molecule has 0 saturated carbocycles. The highest BCUT2D eigenvalue weighted by molar-refractivity contribution is 8.10. The SMILES string of the molecule is C=C(S/C=C\CC)c1nc(NCCCCCC)cc(-n2cccn2)n1. The van der Waals surface area contributed by atoms with E-state index >= 15 is 0 Å². The molecule has 2 rings (SSSR count). The van der Waals surface area contributed by atoms with E-state index in [1.807, 2.05) is 23.7 Å². The van der Waals surface area contributed by atoms with Crippen molar-refractivity contribution in [2.45, 2.75) is 46.0 Å². The number of nitrogens with one attached hydrogen (secondary N) is 1. The molecule has 134 valence electrons. The number of anilines is 1. The van der Waals surface area contributed by atoms with Crippen LogP contribution >= 0.6 is 11.8 Å². The Balaban J connectivity index is 2.14. The molecule has 0 fully saturated rings. The fourth-order valence-electron chi connectivity index (χ4n) is 2.22. The molecule has 5 nitrogen and oxygen atoms in total. The summed E-state index contributed by atoms with van der Waals surface area (Å²) in [6.45, 7) is 9.34. The van der Waals surface area contributed by atoms with Gasteiger partial charge >= 0.3 is 0 Å². The summed E-state index contributed by atoms with van der Waals surface area (Å²) >= 11 is 1.55. The van der Waals surface area contributed by atoms with Crippen LogP contribution < -0.4 is 5.32 Å². The molecule has 0 amide bonds. The van der Waals surface area contributed by atoms with Gasteiger partial charge in [0.1, 0.15) is 5.82 Å². The Labute approximate surface area is 154 Å². The molecule has 0 radical (unpaired) electrons. The van der Waals surface area contributed by atoms with Gasteiger partial charge in [0.2, 0.25) is 0 Å². The standard InChI is InChI=1S/C19H27N5S/c1-4-6-8-9-11-20-17-15-18(24-13-10-12-21-24)23-19(22-17)16(3)25-14-7-5-2/h7,10,12-15H,3-6,8-9,11H2,1-2H3,(H,20,22,23)/b14-7-. The van der Waals surface area contributed by atoms with E-state index in [1.54, 1.807) is 22.6 Å². The summed E-state index contributed by atoms with van der Waals surface area (Å²) in [6, 6.07) is 3.81. The van der Waals surface area contributed by atoms with Crippen molar-refractivity contribution in [3.8, 4) is 5.82 Å². The summed E-state index contributed by atoms with van der Waals surface area (Å²) in [5, 5.41) is 9.71. The zero-order chi connectivity index (χ0) is 17.9. The van der Waals surface area contributed by atoms with E-state index in [9.17, 15) is 0 Å². The van der Waals surface area contributed by atoms with Crippen LogP contribution in [0.3, 0.4) is 0 Å². The van der Waals surface area contributed by atoms with Gasteiger partial charge in [-0.15, -0.1) is 0 Å². The molecule has 0 unspecified atom stereocenters. The maximum absolute atomic E-state index is 4.62. The molecular formula is C19H27N5S. The second-order valence-electron chi connectivity index (χ2n) is 5.69. The van der Waals surface area contributed by atoms with Crippen molar-refractivity contribution in [2.24, 2.45) is 0 Å². The highest BCUT2D eigenvalue weighted by Gasteiger charge is 2.09. The third kappa shape index (κ3) is 6.38. The average Bonchev–Trinajstić information content (AvgIpc) is 3.16. The van der Waals surface area contributed by atoms with Crippen LogP contribution in [0.1, 0.15) is 51.8 Å². The summed E-state index contributed by atoms with van der Waals surface area (Å²) in [7, 11) is 0. The van der Waals surface area contributed by atoms with Crippen LogP contribution in [0.2, 0.25) is 0 Å². The zero-order valence-corrected chi connectivity index (χ0v) is 15.9. The lowest BCUT2D eigenvalue weighted by Gasteiger charge is -2.10. The molecule has 2 aromatic heterocycles. The van der Waals surface area contributed by atoms with Crippen molar-refractivity contribution in [3.05, 3.63) is 48.4 Å². The van der Waals surface area contributed by atoms with Crippen molar-refractivity contribution >= 4 is 22.5 Å². The van der Waals surface area contributed by atoms with Crippen LogP contribution in [-0.4, -0.2) is 26.3 Å². The number of allylic oxidation sites excluding steroid dienone is 1. The average molecular weight is 358 g/mol. The van der Waals surface area contributed by atoms with Gasteiger partial charge in [0.05, 0.1) is 0 Å². The predicted molar refractivity (Wildman–Crippen MR) is 108 cm³/mol. The molecule has 0 atom stereocenters. The van der Waals surface area contributed by atoms with Crippen molar-refractivity contribution in [1.82, 2.24) is 19.7 Å². The van der Waals surface area contributed by atoms with Gasteiger partial charge in [-0.2, -0.15) is 5.10 Å². The summed E-state index contributed by atoms with van der Waals surface area (Å²) < 4.78 is 1.74. The van der Waals surface area contributed by atoms with Gasteiger partial charge in [0, 0.05) is 29.9 Å². The molecule has 0 aliphatic heterocycles. The lowest BCUT2D eigenvalue weighted by molar-refractivity contribution is 0.684. The molecule has 2 heterocycles. The van der Waals surface area contributed by atoms with Gasteiger partial charge in [-0.05, 0) is 24.3 Å². The van der Waals surface area contributed by atoms with Crippen LogP contribution in [0.4, 0.5) is 5.82 Å². The molecule has 2 aromatic rings. The normalized spacial score (nSPS) is 11.1. The van der Waals surface area contributed by atoms with E-state index in [0.717, 1.165) is 35.9 Å². The Kier molecular flexibility index (Phi) is 8.25. The van der Waals surface area contributed by atoms with E-state index < -0.39 is 0 Å². The zero-order valence-electron chi connectivity index (χ0n) is 15.1. The first kappa shape index (κ1) is 19.2. The molecule has 0 aliphatic rings. The molecule has 0 spiro atoms. The fourth-order valence-corrected chi connectivity index (χ4v) is 2.87. The van der Waals surface area contributed by atoms with Gasteiger partial charge in [0.25, 0.3) is 0 Å². The minimum absolute atomic E-state index is 0.634. The van der Waals surface area contributed by atoms with Gasteiger partial charge in [-0.3, -0.25) is 0 Å². The highest BCUT2D eigenvalue weighted by atomic mass is 32.2. The molecule has 0 bridgehead atoms. The van der Waals surface area contributed by atoms with E-state index in [4.69, 9.17) is 0 Å². The third-order valence-electron chi connectivity index (χ3n) is 3.58. The Morgan fingerprint density at radius 1 is 1.28 bits per heavy atom. The number of hydrogen-bond donors (Lipinski definition) is 1. The number of thioether (sulfide) groups is 1. The number of unbranched alkanes of at least 4 members (excludes halogenated alkanes) is 3. The van der Waals surface area contributed by atoms with Crippen LogP contribution in [0.25, 0.3) is 10.7 Å². The lowest BCUT2D eigenvalue weighted by Crippen LogP contribution is -2.08. The predicted octanol–water partition coefficient (Wildman–Crippen LogP) is 5.28. The van der Waals surface area contributed by atoms with Crippen molar-refractivity contribution in [3.63, 3.8) is 0 Å². The molecule has 0 aliphatic carbocycles. The largest absolute Gasteiger partial charge is 0.370 e. The molecule has 0 aromatic carbocycles. The lowest BCUT2D eigenvalue weighted by atomic mass is 10.2. The molecule has 0 saturated heterocycles. The van der Waals surface area contributed by atoms with Gasteiger partial charge in [-0.25, -0.2) is 14.6 Å². The second-order valence-corrected chi connectivity index (χ2v) is 6.69. The summed E-state index contributed by atoms with van der Waals surface area (Å²) in [5.41, 5.74) is 0. The summed E-state index contributed by atoms with van der Waals surface area (Å²) in [4.78, 5) is 10.1. The maximum Gasteiger partial charge on any atom is 0.169 e. The highest BCUT2D eigenvalue weighted by Crippen LogP contribution is 2.25. The second kappa shape index (κ2) is 10.7. The van der Waals surface area contributed by atoms with Crippen LogP contribution in [0.15, 0.2) is 42.6 Å². The van der Waals surface area contributed by atoms with Crippen molar-refractivity contribution in [2.75, 3.05) is 11.9 Å². The Hall–Kier alpha value is -2.08. The Morgan fingerprint density at radius 3 is 2.88 bits per heavy atom. The summed E-state index contributed by atoms with van der Waals surface area (Å²) in [5.74, 6) is 2.19. The molecule has 25 heavy (non-hydrogen) atoms. The third-order valence-corrected chi connectivity index (χ3v) is 4.38. The number of hydrogen-bond acceptors (Lipinski definition) is 5. The van der Waals surface area contributed by atoms with E-state index in [0.29, 0.717) is 5.82 Å². The molecular weight excluding hydrogens is 330 g/mol. The van der Waals surface area contributed by atoms with Gasteiger partial charge in [0.15, 0.2) is 11.6 Å². The van der Waals surface area contributed by atoms with Gasteiger partial charge < -0.3 is 5.32 Å².